The van der Waals surface area contributed by atoms with Gasteiger partial charge in [0.1, 0.15) is 0 Å². The van der Waals surface area contributed by atoms with E-state index in [9.17, 15) is 4.79 Å². The molecular weight excluding hydrogens is 331 g/mol. The number of esters is 1. The standard InChI is InChI=1S/C17H14O3Se/c1-19-15-8-10-16(11-9-15)21-13-5-12-20-17(18)14-6-3-2-4-7-14/h2-4,6-11H,12H2,1H3. The molecule has 21 heavy (non-hydrogen) atoms. The first-order valence-corrected chi connectivity index (χ1v) is 8.02. The van der Waals surface area contributed by atoms with Gasteiger partial charge in [-0.15, -0.1) is 0 Å². The second kappa shape index (κ2) is 8.16. The summed E-state index contributed by atoms with van der Waals surface area (Å²) in [4.78, 5) is 14.7. The normalized spacial score (nSPS) is 9.38. The minimum atomic E-state index is -0.346. The van der Waals surface area contributed by atoms with E-state index in [1.54, 1.807) is 31.4 Å². The molecule has 0 aliphatic carbocycles. The van der Waals surface area contributed by atoms with Crippen molar-refractivity contribution in [2.24, 2.45) is 0 Å². The van der Waals surface area contributed by atoms with E-state index in [0.29, 0.717) is 5.56 Å². The number of methoxy groups -OCH3 is 1. The van der Waals surface area contributed by atoms with Crippen LogP contribution in [0.1, 0.15) is 10.4 Å². The first kappa shape index (κ1) is 15.2. The van der Waals surface area contributed by atoms with Crippen molar-refractivity contribution in [3.63, 3.8) is 0 Å². The molecule has 0 aliphatic heterocycles. The first-order valence-electron chi connectivity index (χ1n) is 6.30. The van der Waals surface area contributed by atoms with Crippen LogP contribution in [0, 0.1) is 10.7 Å². The van der Waals surface area contributed by atoms with Gasteiger partial charge in [0.15, 0.2) is 0 Å². The van der Waals surface area contributed by atoms with Gasteiger partial charge in [0, 0.05) is 0 Å². The van der Waals surface area contributed by atoms with Gasteiger partial charge >= 0.3 is 130 Å². The van der Waals surface area contributed by atoms with Crippen molar-refractivity contribution >= 4 is 25.4 Å². The minimum absolute atomic E-state index is 0.0470. The van der Waals surface area contributed by atoms with Crippen molar-refractivity contribution < 1.29 is 14.3 Å². The van der Waals surface area contributed by atoms with Gasteiger partial charge in [-0.3, -0.25) is 0 Å². The molecule has 0 radical (unpaired) electrons. The van der Waals surface area contributed by atoms with Crippen molar-refractivity contribution in [2.75, 3.05) is 13.7 Å². The molecule has 2 aromatic rings. The molecule has 2 aromatic carbocycles. The predicted molar refractivity (Wildman–Crippen MR) is 82.9 cm³/mol. The van der Waals surface area contributed by atoms with Crippen molar-refractivity contribution in [2.45, 2.75) is 0 Å². The number of benzene rings is 2. The maximum atomic E-state index is 11.6. The molecule has 2 rings (SSSR count). The summed E-state index contributed by atoms with van der Waals surface area (Å²) in [5.41, 5.74) is 0.542. The fourth-order valence-corrected chi connectivity index (χ4v) is 2.62. The Morgan fingerprint density at radius 1 is 1.10 bits per heavy atom. The van der Waals surface area contributed by atoms with Gasteiger partial charge in [0.05, 0.1) is 0 Å². The molecule has 0 saturated heterocycles. The molecule has 0 aliphatic rings. The van der Waals surface area contributed by atoms with Crippen LogP contribution in [0.25, 0.3) is 0 Å². The molecule has 3 nitrogen and oxygen atoms in total. The van der Waals surface area contributed by atoms with Crippen LogP contribution in [0.2, 0.25) is 0 Å². The van der Waals surface area contributed by atoms with E-state index < -0.39 is 0 Å². The molecule has 4 heteroatoms. The van der Waals surface area contributed by atoms with Crippen LogP contribution in [-0.4, -0.2) is 34.6 Å². The SMILES string of the molecule is COc1ccc([Se]C#CCOC(=O)c2ccccc2)cc1. The Bertz CT molecular complexity index is 639. The average Bonchev–Trinajstić information content (AvgIpc) is 2.55. The number of hydrogen-bond donors (Lipinski definition) is 0. The Kier molecular flexibility index (Phi) is 5.90. The summed E-state index contributed by atoms with van der Waals surface area (Å²) < 4.78 is 11.3. The Hall–Kier alpha value is -2.21. The van der Waals surface area contributed by atoms with E-state index in [0.717, 1.165) is 10.2 Å². The third kappa shape index (κ3) is 5.00. The summed E-state index contributed by atoms with van der Waals surface area (Å²) in [6, 6.07) is 16.7. The Balaban J connectivity index is 1.77. The molecule has 0 unspecified atom stereocenters. The van der Waals surface area contributed by atoms with Crippen molar-refractivity contribution in [1.29, 1.82) is 0 Å². The summed E-state index contributed by atoms with van der Waals surface area (Å²) in [5, 5.41) is 0. The van der Waals surface area contributed by atoms with Crippen LogP contribution < -0.4 is 9.20 Å². The first-order chi connectivity index (χ1) is 10.3. The molecule has 0 heterocycles. The zero-order chi connectivity index (χ0) is 14.9. The van der Waals surface area contributed by atoms with Gasteiger partial charge in [-0.2, -0.15) is 0 Å². The van der Waals surface area contributed by atoms with Crippen LogP contribution in [0.4, 0.5) is 0 Å². The predicted octanol–water partition coefficient (Wildman–Crippen LogP) is 1.84. The second-order valence-electron chi connectivity index (χ2n) is 4.00. The third-order valence-electron chi connectivity index (χ3n) is 2.59. The van der Waals surface area contributed by atoms with E-state index in [1.807, 2.05) is 30.3 Å². The van der Waals surface area contributed by atoms with Gasteiger partial charge in [0.2, 0.25) is 0 Å². The summed E-state index contributed by atoms with van der Waals surface area (Å²) in [7, 11) is 1.64. The van der Waals surface area contributed by atoms with Crippen molar-refractivity contribution in [3.05, 3.63) is 60.2 Å². The molecule has 0 bridgehead atoms. The zero-order valence-electron chi connectivity index (χ0n) is 11.5. The van der Waals surface area contributed by atoms with Crippen LogP contribution in [-0.2, 0) is 4.74 Å². The van der Waals surface area contributed by atoms with Crippen molar-refractivity contribution in [3.8, 4) is 16.5 Å². The average molecular weight is 345 g/mol. The summed E-state index contributed by atoms with van der Waals surface area (Å²) in [5.74, 6) is 3.35. The van der Waals surface area contributed by atoms with Crippen LogP contribution in [0.5, 0.6) is 5.75 Å². The number of carbonyl (C=O) groups excluding carboxylic acids is 1. The van der Waals surface area contributed by atoms with Crippen molar-refractivity contribution in [1.82, 2.24) is 0 Å². The van der Waals surface area contributed by atoms with Crippen LogP contribution >= 0.6 is 0 Å². The molecule has 0 atom stereocenters. The molecule has 0 saturated carbocycles. The zero-order valence-corrected chi connectivity index (χ0v) is 13.2. The van der Waals surface area contributed by atoms with Gasteiger partial charge in [0.25, 0.3) is 0 Å². The number of carbonyl (C=O) groups is 1. The summed E-state index contributed by atoms with van der Waals surface area (Å²) in [6.45, 7) is 0.117. The third-order valence-corrected chi connectivity index (χ3v) is 4.17. The molecule has 0 amide bonds. The van der Waals surface area contributed by atoms with E-state index >= 15 is 0 Å². The fourth-order valence-electron chi connectivity index (χ4n) is 1.53. The molecular formula is C17H14O3Se. The molecule has 0 N–H and O–H groups in total. The molecule has 106 valence electrons. The second-order valence-corrected chi connectivity index (χ2v) is 5.84. The Labute approximate surface area is 130 Å². The number of rotatable bonds is 4. The van der Waals surface area contributed by atoms with Gasteiger partial charge in [-0.1, -0.05) is 0 Å². The van der Waals surface area contributed by atoms with E-state index in [4.69, 9.17) is 9.47 Å². The van der Waals surface area contributed by atoms with E-state index in [-0.39, 0.29) is 27.5 Å². The Morgan fingerprint density at radius 3 is 2.48 bits per heavy atom. The number of hydrogen-bond acceptors (Lipinski definition) is 3. The molecule has 0 fully saturated rings. The maximum absolute atomic E-state index is 11.6. The summed E-state index contributed by atoms with van der Waals surface area (Å²) in [6.07, 6.45) is 0. The van der Waals surface area contributed by atoms with Gasteiger partial charge < -0.3 is 0 Å². The van der Waals surface area contributed by atoms with Gasteiger partial charge in [-0.05, 0) is 0 Å². The number of ether oxygens (including phenoxy) is 2. The topological polar surface area (TPSA) is 35.5 Å². The van der Waals surface area contributed by atoms with Crippen LogP contribution in [0.3, 0.4) is 0 Å². The Morgan fingerprint density at radius 2 is 1.81 bits per heavy atom. The van der Waals surface area contributed by atoms with E-state index in [2.05, 4.69) is 10.7 Å². The summed E-state index contributed by atoms with van der Waals surface area (Å²) >= 11 is 0.0470. The van der Waals surface area contributed by atoms with E-state index in [1.165, 1.54) is 0 Å². The van der Waals surface area contributed by atoms with Crippen LogP contribution in [0.15, 0.2) is 54.6 Å². The molecule has 0 aromatic heterocycles. The monoisotopic (exact) mass is 346 g/mol. The quantitative estimate of drug-likeness (QED) is 0.482. The molecule has 0 spiro atoms. The van der Waals surface area contributed by atoms with Gasteiger partial charge in [-0.25, -0.2) is 0 Å². The fraction of sp³-hybridized carbons (Fsp3) is 0.118.